The van der Waals surface area contributed by atoms with Crippen molar-refractivity contribution in [2.24, 2.45) is 0 Å². The smallest absolute Gasteiger partial charge is 0.398 e. The SMILES string of the molecule is O=C1OC2=CC=CC=CN2OC1=O. The molecule has 0 bridgehead atoms. The lowest BCUT2D eigenvalue weighted by atomic mass is 10.5. The molecule has 2 aliphatic rings. The van der Waals surface area contributed by atoms with Gasteiger partial charge in [-0.1, -0.05) is 12.2 Å². The lowest BCUT2D eigenvalue weighted by Crippen LogP contribution is -2.36. The molecule has 66 valence electrons. The van der Waals surface area contributed by atoms with Crippen molar-refractivity contribution in [1.82, 2.24) is 5.06 Å². The Bertz CT molecular complexity index is 353. The van der Waals surface area contributed by atoms with Crippen molar-refractivity contribution < 1.29 is 19.2 Å². The Morgan fingerprint density at radius 2 is 1.92 bits per heavy atom. The molecule has 2 aliphatic heterocycles. The molecule has 0 unspecified atom stereocenters. The Hall–Kier alpha value is -2.04. The Balaban J connectivity index is 2.30. The second kappa shape index (κ2) is 2.78. The minimum Gasteiger partial charge on any atom is -0.398 e. The highest BCUT2D eigenvalue weighted by Crippen LogP contribution is 2.16. The van der Waals surface area contributed by atoms with Crippen LogP contribution in [0.15, 0.2) is 36.4 Å². The Kier molecular flexibility index (Phi) is 1.63. The summed E-state index contributed by atoms with van der Waals surface area (Å²) in [6, 6.07) is 0. The summed E-state index contributed by atoms with van der Waals surface area (Å²) < 4.78 is 4.65. The standard InChI is InChI=1S/C8H5NO4/c10-7-8(11)13-9-5-3-1-2-4-6(9)12-7/h1-5H. The van der Waals surface area contributed by atoms with Crippen LogP contribution in [0.5, 0.6) is 0 Å². The lowest BCUT2D eigenvalue weighted by Gasteiger charge is -2.23. The molecule has 0 amide bonds. The maximum atomic E-state index is 10.7. The quantitative estimate of drug-likeness (QED) is 0.393. The van der Waals surface area contributed by atoms with Crippen molar-refractivity contribution in [1.29, 1.82) is 0 Å². The Morgan fingerprint density at radius 1 is 1.08 bits per heavy atom. The molecule has 0 aromatic heterocycles. The number of nitrogens with zero attached hydrogens (tertiary/aromatic N) is 1. The third-order valence-corrected chi connectivity index (χ3v) is 1.44. The van der Waals surface area contributed by atoms with Gasteiger partial charge < -0.3 is 9.57 Å². The molecule has 0 aromatic rings. The van der Waals surface area contributed by atoms with E-state index in [1.165, 1.54) is 12.3 Å². The third-order valence-electron chi connectivity index (χ3n) is 1.44. The summed E-state index contributed by atoms with van der Waals surface area (Å²) >= 11 is 0. The summed E-state index contributed by atoms with van der Waals surface area (Å²) in [7, 11) is 0. The highest BCUT2D eigenvalue weighted by atomic mass is 16.8. The van der Waals surface area contributed by atoms with Gasteiger partial charge >= 0.3 is 11.9 Å². The summed E-state index contributed by atoms with van der Waals surface area (Å²) in [6.45, 7) is 0. The van der Waals surface area contributed by atoms with E-state index in [2.05, 4.69) is 9.57 Å². The zero-order valence-electron chi connectivity index (χ0n) is 6.47. The average Bonchev–Trinajstić information content (AvgIpc) is 2.31. The summed E-state index contributed by atoms with van der Waals surface area (Å²) in [4.78, 5) is 26.1. The van der Waals surface area contributed by atoms with E-state index in [9.17, 15) is 9.59 Å². The number of ether oxygens (including phenoxy) is 1. The number of hydroxylamine groups is 2. The Morgan fingerprint density at radius 3 is 2.77 bits per heavy atom. The summed E-state index contributed by atoms with van der Waals surface area (Å²) in [5, 5.41) is 1.09. The number of fused-ring (bicyclic) bond motifs is 1. The largest absolute Gasteiger partial charge is 0.442 e. The number of esters is 1. The van der Waals surface area contributed by atoms with Crippen molar-refractivity contribution in [2.75, 3.05) is 0 Å². The first-order chi connectivity index (χ1) is 6.27. The summed E-state index contributed by atoms with van der Waals surface area (Å²) in [6.07, 6.45) is 8.02. The molecule has 0 atom stereocenters. The van der Waals surface area contributed by atoms with Crippen molar-refractivity contribution >= 4 is 11.9 Å². The molecule has 0 spiro atoms. The molecule has 13 heavy (non-hydrogen) atoms. The van der Waals surface area contributed by atoms with Crippen LogP contribution in [0, 0.1) is 0 Å². The molecule has 1 saturated heterocycles. The average molecular weight is 179 g/mol. The van der Waals surface area contributed by atoms with Crippen LogP contribution in [0.4, 0.5) is 0 Å². The first-order valence-corrected chi connectivity index (χ1v) is 3.56. The van der Waals surface area contributed by atoms with Crippen molar-refractivity contribution in [3.8, 4) is 0 Å². The lowest BCUT2D eigenvalue weighted by molar-refractivity contribution is -0.206. The molecular weight excluding hydrogens is 174 g/mol. The van der Waals surface area contributed by atoms with E-state index in [-0.39, 0.29) is 5.88 Å². The van der Waals surface area contributed by atoms with Crippen LogP contribution < -0.4 is 0 Å². The number of carbonyl (C=O) groups excluding carboxylic acids is 2. The molecule has 0 radical (unpaired) electrons. The van der Waals surface area contributed by atoms with Crippen LogP contribution in [-0.4, -0.2) is 17.0 Å². The van der Waals surface area contributed by atoms with Crippen molar-refractivity contribution in [3.05, 3.63) is 36.4 Å². The van der Waals surface area contributed by atoms with E-state index >= 15 is 0 Å². The van der Waals surface area contributed by atoms with Crippen LogP contribution in [0.2, 0.25) is 0 Å². The summed E-state index contributed by atoms with van der Waals surface area (Å²) in [5.74, 6) is -1.86. The van der Waals surface area contributed by atoms with Crippen LogP contribution in [0.3, 0.4) is 0 Å². The Labute approximate surface area is 73.5 Å². The van der Waals surface area contributed by atoms with Crippen molar-refractivity contribution in [2.45, 2.75) is 0 Å². The third kappa shape index (κ3) is 1.31. The van der Waals surface area contributed by atoms with Crippen molar-refractivity contribution in [3.63, 3.8) is 0 Å². The maximum absolute atomic E-state index is 10.7. The van der Waals surface area contributed by atoms with Gasteiger partial charge in [-0.05, 0) is 6.08 Å². The fraction of sp³-hybridized carbons (Fsp3) is 0. The van der Waals surface area contributed by atoms with Crippen LogP contribution in [0.1, 0.15) is 0 Å². The number of carbonyl (C=O) groups is 2. The van der Waals surface area contributed by atoms with E-state index in [0.29, 0.717) is 0 Å². The van der Waals surface area contributed by atoms with Gasteiger partial charge in [-0.25, -0.2) is 9.59 Å². The maximum Gasteiger partial charge on any atom is 0.442 e. The van der Waals surface area contributed by atoms with Gasteiger partial charge in [-0.2, -0.15) is 0 Å². The first kappa shape index (κ1) is 7.60. The van der Waals surface area contributed by atoms with Crippen LogP contribution in [-0.2, 0) is 19.2 Å². The molecular formula is C8H5NO4. The van der Waals surface area contributed by atoms with E-state index in [1.54, 1.807) is 18.2 Å². The fourth-order valence-corrected chi connectivity index (χ4v) is 0.894. The normalized spacial score (nSPS) is 20.0. The number of hydrogen-bond acceptors (Lipinski definition) is 5. The van der Waals surface area contributed by atoms with Crippen LogP contribution in [0.25, 0.3) is 0 Å². The topological polar surface area (TPSA) is 55.8 Å². The number of hydrogen-bond donors (Lipinski definition) is 0. The fourth-order valence-electron chi connectivity index (χ4n) is 0.894. The molecule has 5 heteroatoms. The molecule has 0 N–H and O–H groups in total. The van der Waals surface area contributed by atoms with E-state index < -0.39 is 11.9 Å². The predicted octanol–water partition coefficient (Wildman–Crippen LogP) is 0.228. The van der Waals surface area contributed by atoms with Gasteiger partial charge in [0.25, 0.3) is 0 Å². The van der Waals surface area contributed by atoms with Gasteiger partial charge in [0.2, 0.25) is 5.88 Å². The molecule has 5 nitrogen and oxygen atoms in total. The van der Waals surface area contributed by atoms with Gasteiger partial charge in [0, 0.05) is 12.3 Å². The second-order valence-electron chi connectivity index (χ2n) is 2.33. The molecule has 0 saturated carbocycles. The van der Waals surface area contributed by atoms with Crippen LogP contribution >= 0.6 is 0 Å². The second-order valence-corrected chi connectivity index (χ2v) is 2.33. The minimum absolute atomic E-state index is 0.176. The summed E-state index contributed by atoms with van der Waals surface area (Å²) in [5.41, 5.74) is 0. The minimum atomic E-state index is -1.02. The van der Waals surface area contributed by atoms with Gasteiger partial charge in [-0.3, -0.25) is 0 Å². The van der Waals surface area contributed by atoms with Gasteiger partial charge in [0.05, 0.1) is 0 Å². The first-order valence-electron chi connectivity index (χ1n) is 3.56. The zero-order chi connectivity index (χ0) is 9.26. The highest BCUT2D eigenvalue weighted by Gasteiger charge is 2.31. The monoisotopic (exact) mass is 179 g/mol. The highest BCUT2D eigenvalue weighted by molar-refractivity contribution is 6.30. The molecule has 0 aromatic carbocycles. The van der Waals surface area contributed by atoms with E-state index in [1.807, 2.05) is 0 Å². The molecule has 1 fully saturated rings. The van der Waals surface area contributed by atoms with Gasteiger partial charge in [0.1, 0.15) is 0 Å². The number of rotatable bonds is 0. The molecule has 0 aliphatic carbocycles. The number of allylic oxidation sites excluding steroid dienone is 4. The van der Waals surface area contributed by atoms with Gasteiger partial charge in [0.15, 0.2) is 0 Å². The molecule has 2 rings (SSSR count). The molecule has 2 heterocycles. The van der Waals surface area contributed by atoms with E-state index in [4.69, 9.17) is 0 Å². The predicted molar refractivity (Wildman–Crippen MR) is 40.4 cm³/mol. The van der Waals surface area contributed by atoms with Gasteiger partial charge in [-0.15, -0.1) is 5.06 Å². The van der Waals surface area contributed by atoms with E-state index in [0.717, 1.165) is 5.06 Å². The zero-order valence-corrected chi connectivity index (χ0v) is 6.47.